The minimum Gasteiger partial charge on any atom is -0.496 e. The Bertz CT molecular complexity index is 453. The molecule has 1 heterocycles. The number of methoxy groups -OCH3 is 1. The zero-order valence-electron chi connectivity index (χ0n) is 9.56. The number of fused-ring (bicyclic) bond motifs is 3. The molecular formula is C13H15NO2. The molecule has 1 aliphatic carbocycles. The van der Waals surface area contributed by atoms with Crippen LogP contribution in [0.1, 0.15) is 29.2 Å². The van der Waals surface area contributed by atoms with E-state index in [1.54, 1.807) is 7.11 Å². The van der Waals surface area contributed by atoms with Gasteiger partial charge in [0.25, 0.3) is 0 Å². The largest absolute Gasteiger partial charge is 0.496 e. The van der Waals surface area contributed by atoms with Gasteiger partial charge in [-0.25, -0.2) is 0 Å². The molecule has 1 aromatic carbocycles. The van der Waals surface area contributed by atoms with Crippen LogP contribution >= 0.6 is 0 Å². The smallest absolute Gasteiger partial charge is 0.160 e. The maximum Gasteiger partial charge on any atom is 0.160 e. The Morgan fingerprint density at radius 2 is 2.31 bits per heavy atom. The summed E-state index contributed by atoms with van der Waals surface area (Å²) in [6, 6.07) is 4.32. The monoisotopic (exact) mass is 217 g/mol. The van der Waals surface area contributed by atoms with Crippen LogP contribution in [0.2, 0.25) is 0 Å². The molecule has 0 unspecified atom stereocenters. The highest BCUT2D eigenvalue weighted by Crippen LogP contribution is 2.41. The van der Waals surface area contributed by atoms with Crippen molar-refractivity contribution < 1.29 is 9.57 Å². The summed E-state index contributed by atoms with van der Waals surface area (Å²) in [7, 11) is 1.72. The second kappa shape index (κ2) is 3.51. The molecule has 0 bridgehead atoms. The van der Waals surface area contributed by atoms with E-state index in [1.807, 2.05) is 6.21 Å². The quantitative estimate of drug-likeness (QED) is 0.724. The van der Waals surface area contributed by atoms with E-state index in [0.717, 1.165) is 24.2 Å². The van der Waals surface area contributed by atoms with Crippen molar-refractivity contribution in [1.82, 2.24) is 0 Å². The molecule has 2 aliphatic rings. The van der Waals surface area contributed by atoms with Crippen molar-refractivity contribution in [1.29, 1.82) is 0 Å². The van der Waals surface area contributed by atoms with Gasteiger partial charge in [-0.15, -0.1) is 0 Å². The lowest BCUT2D eigenvalue weighted by Gasteiger charge is -2.26. The van der Waals surface area contributed by atoms with Gasteiger partial charge in [0.1, 0.15) is 5.75 Å². The highest BCUT2D eigenvalue weighted by atomic mass is 16.6. The summed E-state index contributed by atoms with van der Waals surface area (Å²) < 4.78 is 5.35. The van der Waals surface area contributed by atoms with Crippen molar-refractivity contribution in [2.24, 2.45) is 11.1 Å². The first-order valence-electron chi connectivity index (χ1n) is 5.66. The normalized spacial score (nSPS) is 25.9. The van der Waals surface area contributed by atoms with Crippen LogP contribution in [0.5, 0.6) is 5.75 Å². The van der Waals surface area contributed by atoms with Crippen LogP contribution in [-0.2, 0) is 11.3 Å². The Morgan fingerprint density at radius 3 is 3.12 bits per heavy atom. The van der Waals surface area contributed by atoms with E-state index in [-0.39, 0.29) is 6.10 Å². The molecule has 1 aliphatic heterocycles. The molecule has 16 heavy (non-hydrogen) atoms. The molecule has 0 radical (unpaired) electrons. The molecule has 0 amide bonds. The summed E-state index contributed by atoms with van der Waals surface area (Å²) in [5.74, 6) is 1.43. The second-order valence-electron chi connectivity index (χ2n) is 4.50. The van der Waals surface area contributed by atoms with Crippen LogP contribution < -0.4 is 4.74 Å². The Labute approximate surface area is 95.1 Å². The number of oxime groups is 1. The molecule has 0 spiro atoms. The van der Waals surface area contributed by atoms with Gasteiger partial charge >= 0.3 is 0 Å². The van der Waals surface area contributed by atoms with Gasteiger partial charge in [-0.1, -0.05) is 5.16 Å². The predicted molar refractivity (Wildman–Crippen MR) is 61.9 cm³/mol. The number of nitrogens with zero attached hydrogens (tertiary/aromatic N) is 1. The van der Waals surface area contributed by atoms with Gasteiger partial charge in [0.05, 0.1) is 13.3 Å². The van der Waals surface area contributed by atoms with Gasteiger partial charge in [0.2, 0.25) is 0 Å². The fourth-order valence-electron chi connectivity index (χ4n) is 2.62. The number of benzene rings is 1. The zero-order chi connectivity index (χ0) is 11.1. The third kappa shape index (κ3) is 1.31. The van der Waals surface area contributed by atoms with Crippen LogP contribution in [0.3, 0.4) is 0 Å². The number of aryl methyl sites for hydroxylation is 2. The fourth-order valence-corrected chi connectivity index (χ4v) is 2.62. The number of rotatable bonds is 1. The van der Waals surface area contributed by atoms with Crippen molar-refractivity contribution in [3.8, 4) is 5.75 Å². The van der Waals surface area contributed by atoms with Crippen LogP contribution in [0.15, 0.2) is 17.3 Å². The molecule has 3 heteroatoms. The maximum absolute atomic E-state index is 5.44. The minimum absolute atomic E-state index is 0.133. The van der Waals surface area contributed by atoms with Gasteiger partial charge in [0.15, 0.2) is 6.10 Å². The van der Waals surface area contributed by atoms with Crippen LogP contribution in [-0.4, -0.2) is 13.3 Å². The van der Waals surface area contributed by atoms with Crippen molar-refractivity contribution in [3.05, 3.63) is 28.8 Å². The number of hydrogen-bond donors (Lipinski definition) is 0. The summed E-state index contributed by atoms with van der Waals surface area (Å²) >= 11 is 0. The van der Waals surface area contributed by atoms with E-state index in [4.69, 9.17) is 9.57 Å². The van der Waals surface area contributed by atoms with E-state index in [1.165, 1.54) is 11.1 Å². The van der Waals surface area contributed by atoms with Gasteiger partial charge in [-0.3, -0.25) is 0 Å². The van der Waals surface area contributed by atoms with E-state index in [9.17, 15) is 0 Å². The Kier molecular flexibility index (Phi) is 2.13. The van der Waals surface area contributed by atoms with Crippen molar-refractivity contribution in [3.63, 3.8) is 0 Å². The van der Waals surface area contributed by atoms with E-state index < -0.39 is 0 Å². The lowest BCUT2D eigenvalue weighted by molar-refractivity contribution is 0.0541. The first-order valence-corrected chi connectivity index (χ1v) is 5.66. The highest BCUT2D eigenvalue weighted by molar-refractivity contribution is 5.64. The first-order chi connectivity index (χ1) is 7.79. The summed E-state index contributed by atoms with van der Waals surface area (Å²) in [5.41, 5.74) is 3.79. The number of hydrogen-bond acceptors (Lipinski definition) is 3. The highest BCUT2D eigenvalue weighted by Gasteiger charge is 2.34. The lowest BCUT2D eigenvalue weighted by atomic mass is 9.81. The molecule has 0 fully saturated rings. The van der Waals surface area contributed by atoms with E-state index >= 15 is 0 Å². The predicted octanol–water partition coefficient (Wildman–Crippen LogP) is 2.62. The molecule has 0 saturated heterocycles. The average Bonchev–Trinajstić information content (AvgIpc) is 2.76. The van der Waals surface area contributed by atoms with Crippen LogP contribution in [0, 0.1) is 12.8 Å². The van der Waals surface area contributed by atoms with Gasteiger partial charge in [-0.2, -0.15) is 0 Å². The molecule has 2 atom stereocenters. The number of ether oxygens (including phenoxy) is 1. The van der Waals surface area contributed by atoms with Crippen LogP contribution in [0.25, 0.3) is 0 Å². The molecule has 3 rings (SSSR count). The Balaban J connectivity index is 2.07. The molecular weight excluding hydrogens is 202 g/mol. The van der Waals surface area contributed by atoms with Gasteiger partial charge < -0.3 is 9.57 Å². The third-order valence-electron chi connectivity index (χ3n) is 3.53. The summed E-state index contributed by atoms with van der Waals surface area (Å²) in [6.07, 6.45) is 4.27. The van der Waals surface area contributed by atoms with E-state index in [2.05, 4.69) is 24.2 Å². The SMILES string of the molecule is COc1cc2c(cc1C)[C@@H]1ON=C[C@@H]1CC2. The molecule has 0 N–H and O–H groups in total. The topological polar surface area (TPSA) is 30.8 Å². The molecule has 84 valence electrons. The van der Waals surface area contributed by atoms with Gasteiger partial charge in [-0.05, 0) is 48.6 Å². The molecule has 1 aromatic rings. The second-order valence-corrected chi connectivity index (χ2v) is 4.50. The summed E-state index contributed by atoms with van der Waals surface area (Å²) in [4.78, 5) is 5.44. The zero-order valence-corrected chi connectivity index (χ0v) is 9.56. The molecule has 0 aromatic heterocycles. The third-order valence-corrected chi connectivity index (χ3v) is 3.53. The Morgan fingerprint density at radius 1 is 1.44 bits per heavy atom. The molecule has 3 nitrogen and oxygen atoms in total. The first kappa shape index (κ1) is 9.70. The van der Waals surface area contributed by atoms with E-state index in [0.29, 0.717) is 5.92 Å². The lowest BCUT2D eigenvalue weighted by Crippen LogP contribution is -2.19. The Hall–Kier alpha value is -1.51. The summed E-state index contributed by atoms with van der Waals surface area (Å²) in [6.45, 7) is 2.07. The molecule has 0 saturated carbocycles. The summed E-state index contributed by atoms with van der Waals surface area (Å²) in [5, 5.41) is 3.94. The minimum atomic E-state index is 0.133. The maximum atomic E-state index is 5.44. The van der Waals surface area contributed by atoms with Gasteiger partial charge in [0, 0.05) is 5.92 Å². The van der Waals surface area contributed by atoms with Crippen molar-refractivity contribution in [2.75, 3.05) is 7.11 Å². The fraction of sp³-hybridized carbons (Fsp3) is 0.462. The van der Waals surface area contributed by atoms with Crippen molar-refractivity contribution >= 4 is 6.21 Å². The van der Waals surface area contributed by atoms with Crippen LogP contribution in [0.4, 0.5) is 0 Å². The standard InChI is InChI=1S/C13H15NO2/c1-8-5-11-9(6-12(8)15-2)3-4-10-7-14-16-13(10)11/h5-7,10,13H,3-4H2,1-2H3/t10-,13+/m0/s1. The average molecular weight is 217 g/mol. The van der Waals surface area contributed by atoms with Crippen molar-refractivity contribution in [2.45, 2.75) is 25.9 Å².